The van der Waals surface area contributed by atoms with Crippen molar-refractivity contribution in [3.8, 4) is 28.7 Å². The van der Waals surface area contributed by atoms with Crippen molar-refractivity contribution in [1.82, 2.24) is 15.3 Å². The first-order chi connectivity index (χ1) is 18.9. The molecule has 2 aromatic heterocycles. The van der Waals surface area contributed by atoms with Crippen molar-refractivity contribution in [2.24, 2.45) is 0 Å². The maximum absolute atomic E-state index is 15.0. The van der Waals surface area contributed by atoms with Gasteiger partial charge in [-0.15, -0.1) is 0 Å². The zero-order valence-corrected chi connectivity index (χ0v) is 21.4. The van der Waals surface area contributed by atoms with E-state index in [9.17, 15) is 9.50 Å². The van der Waals surface area contributed by atoms with Crippen LogP contribution in [-0.2, 0) is 0 Å². The molecule has 0 amide bonds. The van der Waals surface area contributed by atoms with Crippen LogP contribution in [0.3, 0.4) is 0 Å². The Hall–Kier alpha value is -4.29. The van der Waals surface area contributed by atoms with Crippen LogP contribution in [0.4, 0.5) is 18.9 Å². The first kappa shape index (κ1) is 27.7. The largest absolute Gasteiger partial charge is 0.496 e. The molecule has 9 nitrogen and oxygen atoms in total. The van der Waals surface area contributed by atoms with Gasteiger partial charge in [0.2, 0.25) is 5.95 Å². The van der Waals surface area contributed by atoms with E-state index >= 15 is 8.78 Å². The number of hydrogen-bond acceptors (Lipinski definition) is 9. The number of nitrogens with one attached hydrogen (secondary N) is 2. The van der Waals surface area contributed by atoms with E-state index in [-0.39, 0.29) is 22.7 Å². The topological polar surface area (TPSA) is 107 Å². The Labute approximate surface area is 222 Å². The highest BCUT2D eigenvalue weighted by molar-refractivity contribution is 5.88. The molecule has 0 aliphatic heterocycles. The Morgan fingerprint density at radius 2 is 1.59 bits per heavy atom. The van der Waals surface area contributed by atoms with Gasteiger partial charge in [0.15, 0.2) is 35.1 Å². The van der Waals surface area contributed by atoms with E-state index in [0.29, 0.717) is 29.0 Å². The molecule has 3 N–H and O–H groups in total. The summed E-state index contributed by atoms with van der Waals surface area (Å²) in [5.41, 5.74) is -0.0215. The molecule has 0 aliphatic rings. The lowest BCUT2D eigenvalue weighted by Gasteiger charge is -2.18. The molecule has 2 aromatic carbocycles. The van der Waals surface area contributed by atoms with Crippen LogP contribution in [0.2, 0.25) is 0 Å². The van der Waals surface area contributed by atoms with E-state index in [1.54, 1.807) is 12.1 Å². The van der Waals surface area contributed by atoms with Crippen molar-refractivity contribution < 1.29 is 37.2 Å². The number of aromatic nitrogens is 2. The summed E-state index contributed by atoms with van der Waals surface area (Å²) in [4.78, 5) is 7.78. The predicted molar refractivity (Wildman–Crippen MR) is 138 cm³/mol. The number of pyridine rings is 2. The minimum absolute atomic E-state index is 0.00918. The number of halogens is 3. The molecule has 12 heteroatoms. The van der Waals surface area contributed by atoms with Crippen LogP contribution in [0, 0.1) is 17.6 Å². The second-order valence-electron chi connectivity index (χ2n) is 8.27. The van der Waals surface area contributed by atoms with Crippen molar-refractivity contribution >= 4 is 16.6 Å². The van der Waals surface area contributed by atoms with Crippen molar-refractivity contribution in [3.63, 3.8) is 0 Å². The van der Waals surface area contributed by atoms with E-state index in [4.69, 9.17) is 18.9 Å². The van der Waals surface area contributed by atoms with Crippen LogP contribution in [0.15, 0.2) is 48.8 Å². The second-order valence-corrected chi connectivity index (χ2v) is 8.27. The molecule has 39 heavy (non-hydrogen) atoms. The zero-order chi connectivity index (χ0) is 27.9. The summed E-state index contributed by atoms with van der Waals surface area (Å²) in [7, 11) is 4.61. The second kappa shape index (κ2) is 12.5. The predicted octanol–water partition coefficient (Wildman–Crippen LogP) is 4.95. The Bertz CT molecular complexity index is 1430. The molecule has 0 saturated carbocycles. The van der Waals surface area contributed by atoms with Gasteiger partial charge in [-0.25, -0.2) is 13.8 Å². The van der Waals surface area contributed by atoms with Gasteiger partial charge in [0.1, 0.15) is 11.5 Å². The fraction of sp³-hybridized carbons (Fsp3) is 0.259. The van der Waals surface area contributed by atoms with Crippen molar-refractivity contribution in [1.29, 1.82) is 0 Å². The number of benzene rings is 2. The SMILES string of the molecule is CNCCCOc1cc2nccc(Oc3c(F)cc(NC(O)c4c(OC)ccnc4F)cc3F)c2cc1OC. The van der Waals surface area contributed by atoms with Crippen LogP contribution < -0.4 is 29.6 Å². The third-order valence-electron chi connectivity index (χ3n) is 5.72. The lowest BCUT2D eigenvalue weighted by Crippen LogP contribution is -2.14. The van der Waals surface area contributed by atoms with Gasteiger partial charge < -0.3 is 34.7 Å². The highest BCUT2D eigenvalue weighted by Gasteiger charge is 2.22. The van der Waals surface area contributed by atoms with Gasteiger partial charge in [-0.05, 0) is 38.2 Å². The molecule has 0 radical (unpaired) electrons. The summed E-state index contributed by atoms with van der Waals surface area (Å²) < 4.78 is 66.1. The number of aliphatic hydroxyl groups is 1. The summed E-state index contributed by atoms with van der Waals surface area (Å²) >= 11 is 0. The maximum atomic E-state index is 15.0. The quantitative estimate of drug-likeness (QED) is 0.130. The van der Waals surface area contributed by atoms with Crippen molar-refractivity contribution in [3.05, 3.63) is 71.9 Å². The monoisotopic (exact) mass is 544 g/mol. The Kier molecular flexibility index (Phi) is 8.89. The van der Waals surface area contributed by atoms with Crippen molar-refractivity contribution in [2.75, 3.05) is 39.7 Å². The van der Waals surface area contributed by atoms with E-state index < -0.39 is 29.6 Å². The molecule has 0 saturated heterocycles. The summed E-state index contributed by atoms with van der Waals surface area (Å²) in [6, 6.07) is 7.89. The highest BCUT2D eigenvalue weighted by Crippen LogP contribution is 2.39. The average Bonchev–Trinajstić information content (AvgIpc) is 2.92. The van der Waals surface area contributed by atoms with Crippen LogP contribution in [0.5, 0.6) is 28.7 Å². The van der Waals surface area contributed by atoms with Crippen LogP contribution in [0.1, 0.15) is 18.2 Å². The molecular formula is C27H27F3N4O5. The number of nitrogens with zero attached hydrogens (tertiary/aromatic N) is 2. The Morgan fingerprint density at radius 1 is 0.897 bits per heavy atom. The third kappa shape index (κ3) is 6.24. The number of ether oxygens (including phenoxy) is 4. The molecule has 0 bridgehead atoms. The van der Waals surface area contributed by atoms with Gasteiger partial charge >= 0.3 is 0 Å². The summed E-state index contributed by atoms with van der Waals surface area (Å²) in [5, 5.41) is 16.4. The molecule has 1 atom stereocenters. The van der Waals surface area contributed by atoms with Gasteiger partial charge in [-0.2, -0.15) is 4.39 Å². The number of hydrogen-bond donors (Lipinski definition) is 3. The third-order valence-corrected chi connectivity index (χ3v) is 5.72. The van der Waals surface area contributed by atoms with Gasteiger partial charge in [0, 0.05) is 41.7 Å². The first-order valence-corrected chi connectivity index (χ1v) is 11.9. The molecule has 206 valence electrons. The van der Waals surface area contributed by atoms with Gasteiger partial charge in [0.25, 0.3) is 0 Å². The lowest BCUT2D eigenvalue weighted by atomic mass is 10.1. The molecule has 0 aliphatic carbocycles. The fourth-order valence-electron chi connectivity index (χ4n) is 3.86. The molecule has 1 unspecified atom stereocenters. The maximum Gasteiger partial charge on any atom is 0.224 e. The van der Waals surface area contributed by atoms with Crippen molar-refractivity contribution in [2.45, 2.75) is 12.6 Å². The van der Waals surface area contributed by atoms with Gasteiger partial charge in [-0.1, -0.05) is 0 Å². The van der Waals surface area contributed by atoms with Crippen LogP contribution in [0.25, 0.3) is 10.9 Å². The first-order valence-electron chi connectivity index (χ1n) is 11.9. The van der Waals surface area contributed by atoms with Gasteiger partial charge in [0.05, 0.1) is 31.9 Å². The Balaban J connectivity index is 1.59. The standard InChI is InChI=1S/C27H27F3N4O5/c1-31-7-4-10-38-23-14-19-16(13-22(23)37-3)20(5-8-32-19)39-25-17(28)11-15(12-18(25)29)34-27(35)24-21(36-2)6-9-33-26(24)30/h5-6,8-9,11-14,27,31,34-35H,4,7,10H2,1-3H3. The van der Waals surface area contributed by atoms with E-state index in [1.165, 1.54) is 32.5 Å². The molecule has 4 aromatic rings. The van der Waals surface area contributed by atoms with E-state index in [0.717, 1.165) is 31.3 Å². The van der Waals surface area contributed by atoms with Crippen LogP contribution in [-0.4, -0.2) is 49.5 Å². The number of fused-ring (bicyclic) bond motifs is 1. The van der Waals surface area contributed by atoms with Crippen LogP contribution >= 0.6 is 0 Å². The molecule has 2 heterocycles. The lowest BCUT2D eigenvalue weighted by molar-refractivity contribution is 0.195. The van der Waals surface area contributed by atoms with E-state index in [2.05, 4.69) is 20.6 Å². The minimum atomic E-state index is -1.70. The molecular weight excluding hydrogens is 517 g/mol. The minimum Gasteiger partial charge on any atom is -0.496 e. The summed E-state index contributed by atoms with van der Waals surface area (Å²) in [6.07, 6.45) is 1.67. The summed E-state index contributed by atoms with van der Waals surface area (Å²) in [6.45, 7) is 1.23. The van der Waals surface area contributed by atoms with Gasteiger partial charge in [-0.3, -0.25) is 4.98 Å². The summed E-state index contributed by atoms with van der Waals surface area (Å²) in [5.74, 6) is -2.80. The normalized spacial score (nSPS) is 11.8. The number of rotatable bonds is 12. The number of aliphatic hydroxyl groups excluding tert-OH is 1. The molecule has 4 rings (SSSR count). The number of methoxy groups -OCH3 is 2. The van der Waals surface area contributed by atoms with E-state index in [1.807, 2.05) is 7.05 Å². The molecule has 0 spiro atoms. The Morgan fingerprint density at radius 3 is 2.28 bits per heavy atom. The number of anilines is 1. The zero-order valence-electron chi connectivity index (χ0n) is 21.4. The highest BCUT2D eigenvalue weighted by atomic mass is 19.1. The fourth-order valence-corrected chi connectivity index (χ4v) is 3.86. The molecule has 0 fully saturated rings. The smallest absolute Gasteiger partial charge is 0.224 e. The average molecular weight is 545 g/mol.